The predicted molar refractivity (Wildman–Crippen MR) is 91.8 cm³/mol. The number of benzene rings is 2. The van der Waals surface area contributed by atoms with E-state index in [1.165, 1.54) is 5.56 Å². The van der Waals surface area contributed by atoms with Crippen LogP contribution in [0, 0.1) is 0 Å². The first kappa shape index (κ1) is 16.8. The van der Waals surface area contributed by atoms with Crippen molar-refractivity contribution >= 4 is 15.9 Å². The molecular weight excluding hydrogens is 344 g/mol. The second kappa shape index (κ2) is 8.20. The molecule has 2 rings (SSSR count). The zero-order valence-corrected chi connectivity index (χ0v) is 14.8. The Hall–Kier alpha value is -1.52. The Kier molecular flexibility index (Phi) is 6.28. The van der Waals surface area contributed by atoms with Gasteiger partial charge in [0.2, 0.25) is 0 Å². The van der Waals surface area contributed by atoms with E-state index in [-0.39, 0.29) is 0 Å². The number of halogens is 1. The van der Waals surface area contributed by atoms with Gasteiger partial charge >= 0.3 is 0 Å². The third-order valence-corrected chi connectivity index (χ3v) is 3.90. The molecule has 0 spiro atoms. The van der Waals surface area contributed by atoms with Crippen LogP contribution in [0.2, 0.25) is 0 Å². The Labute approximate surface area is 140 Å². The van der Waals surface area contributed by atoms with E-state index in [0.717, 1.165) is 33.5 Å². The minimum atomic E-state index is 0.556. The van der Waals surface area contributed by atoms with Crippen molar-refractivity contribution < 1.29 is 14.2 Å². The highest BCUT2D eigenvalue weighted by molar-refractivity contribution is 9.10. The van der Waals surface area contributed by atoms with Gasteiger partial charge in [-0.05, 0) is 42.3 Å². The zero-order valence-electron chi connectivity index (χ0n) is 13.2. The van der Waals surface area contributed by atoms with Gasteiger partial charge in [0.05, 0.1) is 20.8 Å². The fourth-order valence-corrected chi connectivity index (χ4v) is 2.81. The Morgan fingerprint density at radius 3 is 2.18 bits per heavy atom. The van der Waals surface area contributed by atoms with Gasteiger partial charge < -0.3 is 14.2 Å². The first-order chi connectivity index (χ1) is 10.7. The molecule has 22 heavy (non-hydrogen) atoms. The Balaban J connectivity index is 2.36. The van der Waals surface area contributed by atoms with E-state index < -0.39 is 0 Å². The number of hydrogen-bond acceptors (Lipinski definition) is 3. The second-order valence-corrected chi connectivity index (χ2v) is 5.84. The molecule has 0 aromatic heterocycles. The van der Waals surface area contributed by atoms with Gasteiger partial charge in [-0.2, -0.15) is 0 Å². The van der Waals surface area contributed by atoms with E-state index in [4.69, 9.17) is 14.2 Å². The molecule has 4 heteroatoms. The van der Waals surface area contributed by atoms with Crippen molar-refractivity contribution in [2.45, 2.75) is 20.0 Å². The molecule has 0 N–H and O–H groups in total. The Morgan fingerprint density at radius 2 is 1.64 bits per heavy atom. The van der Waals surface area contributed by atoms with E-state index in [9.17, 15) is 0 Å². The van der Waals surface area contributed by atoms with E-state index >= 15 is 0 Å². The van der Waals surface area contributed by atoms with Crippen LogP contribution in [0.4, 0.5) is 0 Å². The minimum absolute atomic E-state index is 0.556. The molecule has 0 bridgehead atoms. The number of rotatable bonds is 7. The average molecular weight is 365 g/mol. The quantitative estimate of drug-likeness (QED) is 0.718. The summed E-state index contributed by atoms with van der Waals surface area (Å²) in [4.78, 5) is 0. The lowest BCUT2D eigenvalue weighted by molar-refractivity contribution is 0.133. The van der Waals surface area contributed by atoms with Gasteiger partial charge in [-0.15, -0.1) is 0 Å². The van der Waals surface area contributed by atoms with Crippen molar-refractivity contribution in [1.29, 1.82) is 0 Å². The van der Waals surface area contributed by atoms with Crippen LogP contribution in [0.25, 0.3) is 0 Å². The molecule has 3 nitrogen and oxygen atoms in total. The summed E-state index contributed by atoms with van der Waals surface area (Å²) >= 11 is 3.51. The largest absolute Gasteiger partial charge is 0.496 e. The topological polar surface area (TPSA) is 27.7 Å². The van der Waals surface area contributed by atoms with Gasteiger partial charge in [0.25, 0.3) is 0 Å². The minimum Gasteiger partial charge on any atom is -0.496 e. The molecule has 0 amide bonds. The van der Waals surface area contributed by atoms with E-state index in [2.05, 4.69) is 28.1 Å². The summed E-state index contributed by atoms with van der Waals surface area (Å²) in [6, 6.07) is 12.3. The van der Waals surface area contributed by atoms with Crippen molar-refractivity contribution in [2.75, 3.05) is 20.8 Å². The molecule has 118 valence electrons. The lowest BCUT2D eigenvalue weighted by Gasteiger charge is -2.16. The number of ether oxygens (including phenoxy) is 3. The van der Waals surface area contributed by atoms with Crippen LogP contribution in [0.3, 0.4) is 0 Å². The SMILES string of the molecule is CCOCc1cc(OC)c(Cc2cccc(Br)c2)c(OC)c1. The molecule has 0 atom stereocenters. The first-order valence-corrected chi connectivity index (χ1v) is 8.03. The Bertz CT molecular complexity index is 600. The average Bonchev–Trinajstić information content (AvgIpc) is 2.53. The summed E-state index contributed by atoms with van der Waals surface area (Å²) in [7, 11) is 3.37. The highest BCUT2D eigenvalue weighted by Gasteiger charge is 2.13. The van der Waals surface area contributed by atoms with Crippen LogP contribution in [-0.4, -0.2) is 20.8 Å². The molecule has 0 radical (unpaired) electrons. The highest BCUT2D eigenvalue weighted by Crippen LogP contribution is 2.33. The normalized spacial score (nSPS) is 10.5. The number of hydrogen-bond donors (Lipinski definition) is 0. The molecule has 2 aromatic carbocycles. The standard InChI is InChI=1S/C18H21BrO3/c1-4-22-12-14-10-17(20-2)16(18(11-14)21-3)9-13-6-5-7-15(19)8-13/h5-8,10-11H,4,9,12H2,1-3H3. The van der Waals surface area contributed by atoms with Gasteiger partial charge in [0.1, 0.15) is 11.5 Å². The van der Waals surface area contributed by atoms with Crippen LogP contribution in [0.5, 0.6) is 11.5 Å². The number of methoxy groups -OCH3 is 2. The van der Waals surface area contributed by atoms with Crippen molar-refractivity contribution in [3.63, 3.8) is 0 Å². The van der Waals surface area contributed by atoms with E-state index in [1.54, 1.807) is 14.2 Å². The van der Waals surface area contributed by atoms with Crippen molar-refractivity contribution in [3.8, 4) is 11.5 Å². The summed E-state index contributed by atoms with van der Waals surface area (Å²) < 4.78 is 17.7. The van der Waals surface area contributed by atoms with Crippen molar-refractivity contribution in [1.82, 2.24) is 0 Å². The maximum Gasteiger partial charge on any atom is 0.126 e. The van der Waals surface area contributed by atoms with Crippen LogP contribution < -0.4 is 9.47 Å². The Morgan fingerprint density at radius 1 is 0.955 bits per heavy atom. The lowest BCUT2D eigenvalue weighted by atomic mass is 10.0. The van der Waals surface area contributed by atoms with Crippen LogP contribution in [-0.2, 0) is 17.8 Å². The predicted octanol–water partition coefficient (Wildman–Crippen LogP) is 4.59. The summed E-state index contributed by atoms with van der Waals surface area (Å²) in [6.45, 7) is 3.22. The highest BCUT2D eigenvalue weighted by atomic mass is 79.9. The maximum absolute atomic E-state index is 5.56. The van der Waals surface area contributed by atoms with Gasteiger partial charge in [-0.3, -0.25) is 0 Å². The molecule has 0 heterocycles. The molecule has 0 saturated carbocycles. The summed E-state index contributed by atoms with van der Waals surface area (Å²) in [5.41, 5.74) is 3.29. The van der Waals surface area contributed by atoms with E-state index in [0.29, 0.717) is 13.2 Å². The summed E-state index contributed by atoms with van der Waals surface area (Å²) in [6.07, 6.45) is 0.751. The van der Waals surface area contributed by atoms with Gasteiger partial charge in [-0.25, -0.2) is 0 Å². The summed E-state index contributed by atoms with van der Waals surface area (Å²) in [5.74, 6) is 1.66. The second-order valence-electron chi connectivity index (χ2n) is 4.92. The molecule has 0 aliphatic rings. The lowest BCUT2D eigenvalue weighted by Crippen LogP contribution is -2.01. The first-order valence-electron chi connectivity index (χ1n) is 7.23. The van der Waals surface area contributed by atoms with Crippen molar-refractivity contribution in [2.24, 2.45) is 0 Å². The third kappa shape index (κ3) is 4.24. The molecule has 0 fully saturated rings. The fraction of sp³-hybridized carbons (Fsp3) is 0.333. The summed E-state index contributed by atoms with van der Waals surface area (Å²) in [5, 5.41) is 0. The smallest absolute Gasteiger partial charge is 0.126 e. The maximum atomic E-state index is 5.56. The van der Waals surface area contributed by atoms with Gasteiger partial charge in [-0.1, -0.05) is 28.1 Å². The van der Waals surface area contributed by atoms with Crippen LogP contribution in [0.1, 0.15) is 23.6 Å². The van der Waals surface area contributed by atoms with Crippen LogP contribution >= 0.6 is 15.9 Å². The van der Waals surface area contributed by atoms with Crippen LogP contribution in [0.15, 0.2) is 40.9 Å². The molecule has 0 aliphatic carbocycles. The molecule has 0 saturated heterocycles. The van der Waals surface area contributed by atoms with Gasteiger partial charge in [0.15, 0.2) is 0 Å². The van der Waals surface area contributed by atoms with Crippen molar-refractivity contribution in [3.05, 3.63) is 57.6 Å². The van der Waals surface area contributed by atoms with Gasteiger partial charge in [0, 0.05) is 23.1 Å². The monoisotopic (exact) mass is 364 g/mol. The molecule has 2 aromatic rings. The zero-order chi connectivity index (χ0) is 15.9. The van der Waals surface area contributed by atoms with E-state index in [1.807, 2.05) is 31.2 Å². The molecule has 0 unspecified atom stereocenters. The molecular formula is C18H21BrO3. The third-order valence-electron chi connectivity index (χ3n) is 3.41. The fourth-order valence-electron chi connectivity index (χ4n) is 2.37. The molecule has 0 aliphatic heterocycles.